The van der Waals surface area contributed by atoms with Crippen molar-refractivity contribution in [2.75, 3.05) is 25.2 Å². The lowest BCUT2D eigenvalue weighted by Gasteiger charge is -2.35. The average Bonchev–Trinajstić information content (AvgIpc) is 2.55. The second kappa shape index (κ2) is 6.19. The summed E-state index contributed by atoms with van der Waals surface area (Å²) in [7, 11) is 1.68. The van der Waals surface area contributed by atoms with Crippen molar-refractivity contribution >= 4 is 5.69 Å². The quantitative estimate of drug-likeness (QED) is 0.936. The Kier molecular flexibility index (Phi) is 4.11. The van der Waals surface area contributed by atoms with Gasteiger partial charge < -0.3 is 14.7 Å². The summed E-state index contributed by atoms with van der Waals surface area (Å²) in [5, 5.41) is 9.53. The molecule has 1 unspecified atom stereocenters. The van der Waals surface area contributed by atoms with Gasteiger partial charge in [0, 0.05) is 31.3 Å². The zero-order chi connectivity index (χ0) is 14.7. The Hall–Kier alpha value is -2.00. The number of ether oxygens (including phenoxy) is 1. The Morgan fingerprint density at radius 2 is 1.90 bits per heavy atom. The summed E-state index contributed by atoms with van der Waals surface area (Å²) in [6, 6.07) is 16.7. The second-order valence-corrected chi connectivity index (χ2v) is 5.61. The van der Waals surface area contributed by atoms with Crippen molar-refractivity contribution < 1.29 is 9.84 Å². The molecule has 0 saturated carbocycles. The van der Waals surface area contributed by atoms with Crippen LogP contribution < -0.4 is 9.64 Å². The predicted molar refractivity (Wildman–Crippen MR) is 84.8 cm³/mol. The zero-order valence-corrected chi connectivity index (χ0v) is 12.3. The number of hydrogen-bond acceptors (Lipinski definition) is 3. The summed E-state index contributed by atoms with van der Waals surface area (Å²) in [5.41, 5.74) is 3.87. The van der Waals surface area contributed by atoms with Gasteiger partial charge in [-0.05, 0) is 35.7 Å². The van der Waals surface area contributed by atoms with E-state index in [4.69, 9.17) is 4.74 Å². The minimum Gasteiger partial charge on any atom is -0.497 e. The van der Waals surface area contributed by atoms with E-state index in [0.717, 1.165) is 25.3 Å². The summed E-state index contributed by atoms with van der Waals surface area (Å²) < 4.78 is 5.20. The first-order chi connectivity index (χ1) is 10.3. The van der Waals surface area contributed by atoms with Gasteiger partial charge in [-0.15, -0.1) is 0 Å². The van der Waals surface area contributed by atoms with Crippen LogP contribution in [0.15, 0.2) is 48.5 Å². The van der Waals surface area contributed by atoms with Crippen molar-refractivity contribution in [3.05, 3.63) is 59.7 Å². The van der Waals surface area contributed by atoms with Gasteiger partial charge in [0.05, 0.1) is 7.11 Å². The molecule has 0 radical (unpaired) electrons. The second-order valence-electron chi connectivity index (χ2n) is 5.61. The highest BCUT2D eigenvalue weighted by atomic mass is 16.5. The third-order valence-corrected chi connectivity index (χ3v) is 4.11. The van der Waals surface area contributed by atoms with Crippen molar-refractivity contribution in [3.8, 4) is 5.75 Å². The van der Waals surface area contributed by atoms with E-state index < -0.39 is 0 Å². The van der Waals surface area contributed by atoms with Crippen LogP contribution in [0.3, 0.4) is 0 Å². The molecule has 0 aromatic heterocycles. The van der Waals surface area contributed by atoms with Crippen molar-refractivity contribution in [2.24, 2.45) is 5.92 Å². The third kappa shape index (κ3) is 3.03. The number of anilines is 1. The first-order valence-electron chi connectivity index (χ1n) is 7.37. The van der Waals surface area contributed by atoms with E-state index >= 15 is 0 Å². The van der Waals surface area contributed by atoms with Gasteiger partial charge in [-0.25, -0.2) is 0 Å². The highest BCUT2D eigenvalue weighted by molar-refractivity contribution is 5.56. The molecule has 1 heterocycles. The molecule has 0 bridgehead atoms. The smallest absolute Gasteiger partial charge is 0.118 e. The highest BCUT2D eigenvalue weighted by Gasteiger charge is 2.23. The minimum atomic E-state index is 0.243. The van der Waals surface area contributed by atoms with Gasteiger partial charge in [0.2, 0.25) is 0 Å². The zero-order valence-electron chi connectivity index (χ0n) is 12.3. The Bertz CT molecular complexity index is 594. The number of para-hydroxylation sites is 1. The lowest BCUT2D eigenvalue weighted by molar-refractivity contribution is 0.223. The molecule has 2 aromatic rings. The van der Waals surface area contributed by atoms with Crippen molar-refractivity contribution in [1.82, 2.24) is 0 Å². The topological polar surface area (TPSA) is 32.7 Å². The Morgan fingerprint density at radius 1 is 1.14 bits per heavy atom. The van der Waals surface area contributed by atoms with Crippen LogP contribution in [0.1, 0.15) is 11.1 Å². The SMILES string of the molecule is COc1ccc(CN2CC(CO)Cc3ccccc32)cc1. The number of hydrogen-bond donors (Lipinski definition) is 1. The molecule has 3 nitrogen and oxygen atoms in total. The van der Waals surface area contributed by atoms with E-state index in [1.165, 1.54) is 16.8 Å². The summed E-state index contributed by atoms with van der Waals surface area (Å²) in [4.78, 5) is 2.36. The van der Waals surface area contributed by atoms with Crippen LogP contribution in [0.4, 0.5) is 5.69 Å². The number of benzene rings is 2. The van der Waals surface area contributed by atoms with Crippen LogP contribution in [0, 0.1) is 5.92 Å². The molecule has 0 fully saturated rings. The monoisotopic (exact) mass is 283 g/mol. The molecule has 1 atom stereocenters. The summed E-state index contributed by atoms with van der Waals surface area (Å²) in [5.74, 6) is 1.20. The molecular formula is C18H21NO2. The fourth-order valence-electron chi connectivity index (χ4n) is 3.00. The van der Waals surface area contributed by atoms with Gasteiger partial charge in [0.1, 0.15) is 5.75 Å². The van der Waals surface area contributed by atoms with Crippen LogP contribution in [-0.2, 0) is 13.0 Å². The van der Waals surface area contributed by atoms with E-state index in [9.17, 15) is 5.11 Å². The van der Waals surface area contributed by atoms with Crippen LogP contribution in [-0.4, -0.2) is 25.4 Å². The van der Waals surface area contributed by atoms with E-state index in [0.29, 0.717) is 5.92 Å². The number of aliphatic hydroxyl groups excluding tert-OH is 1. The third-order valence-electron chi connectivity index (χ3n) is 4.11. The fraction of sp³-hybridized carbons (Fsp3) is 0.333. The van der Waals surface area contributed by atoms with E-state index in [1.54, 1.807) is 7.11 Å². The minimum absolute atomic E-state index is 0.243. The van der Waals surface area contributed by atoms with Crippen LogP contribution in [0.2, 0.25) is 0 Å². The fourth-order valence-corrected chi connectivity index (χ4v) is 3.00. The normalized spacial score (nSPS) is 17.4. The largest absolute Gasteiger partial charge is 0.497 e. The van der Waals surface area contributed by atoms with E-state index in [-0.39, 0.29) is 6.61 Å². The predicted octanol–water partition coefficient (Wildman–Crippen LogP) is 2.87. The summed E-state index contributed by atoms with van der Waals surface area (Å²) in [6.07, 6.45) is 0.964. The number of aliphatic hydroxyl groups is 1. The highest BCUT2D eigenvalue weighted by Crippen LogP contribution is 2.30. The number of methoxy groups -OCH3 is 1. The average molecular weight is 283 g/mol. The number of nitrogens with zero attached hydrogens (tertiary/aromatic N) is 1. The van der Waals surface area contributed by atoms with Crippen LogP contribution in [0.5, 0.6) is 5.75 Å². The molecule has 110 valence electrons. The molecule has 0 aliphatic carbocycles. The van der Waals surface area contributed by atoms with Gasteiger partial charge in [0.25, 0.3) is 0 Å². The van der Waals surface area contributed by atoms with Crippen molar-refractivity contribution in [2.45, 2.75) is 13.0 Å². The summed E-state index contributed by atoms with van der Waals surface area (Å²) in [6.45, 7) is 2.00. The molecule has 1 N–H and O–H groups in total. The molecular weight excluding hydrogens is 262 g/mol. The Balaban J connectivity index is 1.83. The van der Waals surface area contributed by atoms with Crippen molar-refractivity contribution in [1.29, 1.82) is 0 Å². The molecule has 1 aliphatic rings. The van der Waals surface area contributed by atoms with Gasteiger partial charge >= 0.3 is 0 Å². The molecule has 21 heavy (non-hydrogen) atoms. The maximum Gasteiger partial charge on any atom is 0.118 e. The molecule has 0 saturated heterocycles. The maximum absolute atomic E-state index is 9.53. The van der Waals surface area contributed by atoms with E-state index in [1.807, 2.05) is 12.1 Å². The summed E-state index contributed by atoms with van der Waals surface area (Å²) >= 11 is 0. The van der Waals surface area contributed by atoms with Gasteiger partial charge in [0.15, 0.2) is 0 Å². The van der Waals surface area contributed by atoms with Crippen LogP contribution >= 0.6 is 0 Å². The van der Waals surface area contributed by atoms with Gasteiger partial charge in [-0.1, -0.05) is 30.3 Å². The lowest BCUT2D eigenvalue weighted by Crippen LogP contribution is -2.36. The van der Waals surface area contributed by atoms with Crippen molar-refractivity contribution in [3.63, 3.8) is 0 Å². The number of rotatable bonds is 4. The Labute approximate surface area is 125 Å². The first kappa shape index (κ1) is 14.0. The maximum atomic E-state index is 9.53. The molecule has 1 aliphatic heterocycles. The molecule has 0 spiro atoms. The molecule has 3 heteroatoms. The molecule has 0 amide bonds. The lowest BCUT2D eigenvalue weighted by atomic mass is 9.92. The Morgan fingerprint density at radius 3 is 2.62 bits per heavy atom. The standard InChI is InChI=1S/C18H21NO2/c1-21-17-8-6-14(7-9-17)11-19-12-15(13-20)10-16-4-2-3-5-18(16)19/h2-9,15,20H,10-13H2,1H3. The van der Waals surface area contributed by atoms with Gasteiger partial charge in [-0.2, -0.15) is 0 Å². The number of fused-ring (bicyclic) bond motifs is 1. The van der Waals surface area contributed by atoms with Gasteiger partial charge in [-0.3, -0.25) is 0 Å². The molecule has 3 rings (SSSR count). The van der Waals surface area contributed by atoms with E-state index in [2.05, 4.69) is 41.3 Å². The van der Waals surface area contributed by atoms with Crippen LogP contribution in [0.25, 0.3) is 0 Å². The first-order valence-corrected chi connectivity index (χ1v) is 7.37. The molecule has 2 aromatic carbocycles.